The van der Waals surface area contributed by atoms with Gasteiger partial charge in [-0.05, 0) is 0 Å². The molecule has 4 nitrogen and oxygen atoms in total. The Balaban J connectivity index is 0. The quantitative estimate of drug-likeness (QED) is 0.307. The second-order valence-corrected chi connectivity index (χ2v) is 2.58. The number of carbonyl (C=O) groups excluding carboxylic acids is 2. The summed E-state index contributed by atoms with van der Waals surface area (Å²) in [6.45, 7) is 0. The van der Waals surface area contributed by atoms with E-state index in [0.717, 1.165) is 0 Å². The molecule has 0 unspecified atom stereocenters. The van der Waals surface area contributed by atoms with Gasteiger partial charge in [0.05, 0.1) is 23.1 Å². The van der Waals surface area contributed by atoms with E-state index in [2.05, 4.69) is 0 Å². The van der Waals surface area contributed by atoms with Crippen molar-refractivity contribution in [1.82, 2.24) is 0 Å². The Morgan fingerprint density at radius 3 is 0.944 bits per heavy atom. The van der Waals surface area contributed by atoms with Crippen molar-refractivity contribution in [3.05, 3.63) is 34.4 Å². The van der Waals surface area contributed by atoms with Crippen LogP contribution in [0, 0.1) is 23.3 Å². The zero-order chi connectivity index (χ0) is 12.6. The first-order chi connectivity index (χ1) is 7.29. The van der Waals surface area contributed by atoms with E-state index < -0.39 is 46.3 Å². The molecule has 0 aliphatic heterocycles. The first-order valence-electron chi connectivity index (χ1n) is 3.57. The number of carbonyl (C=O) groups is 2. The number of rotatable bonds is 2. The Hall–Kier alpha value is -0.120. The van der Waals surface area contributed by atoms with Gasteiger partial charge in [-0.1, -0.05) is 0 Å². The molecule has 0 aromatic heterocycles. The van der Waals surface area contributed by atoms with Crippen LogP contribution < -0.4 is 69.3 Å². The van der Waals surface area contributed by atoms with E-state index in [9.17, 15) is 37.4 Å². The van der Waals surface area contributed by atoms with Crippen molar-refractivity contribution in [2.75, 3.05) is 0 Å². The second kappa shape index (κ2) is 7.46. The summed E-state index contributed by atoms with van der Waals surface area (Å²) in [6, 6.07) is 0. The molecular formula is C8F4Na2O4. The van der Waals surface area contributed by atoms with E-state index in [1.807, 2.05) is 0 Å². The van der Waals surface area contributed by atoms with Crippen molar-refractivity contribution < 1.29 is 96.5 Å². The monoisotopic (exact) mass is 282 g/mol. The van der Waals surface area contributed by atoms with Crippen LogP contribution in [0.4, 0.5) is 17.6 Å². The molecule has 0 bridgehead atoms. The van der Waals surface area contributed by atoms with Crippen molar-refractivity contribution in [2.45, 2.75) is 0 Å². The molecule has 0 N–H and O–H groups in total. The summed E-state index contributed by atoms with van der Waals surface area (Å²) in [5.74, 6) is -14.5. The summed E-state index contributed by atoms with van der Waals surface area (Å²) in [5.41, 5.74) is -4.03. The van der Waals surface area contributed by atoms with Gasteiger partial charge in [-0.15, -0.1) is 0 Å². The van der Waals surface area contributed by atoms with Crippen molar-refractivity contribution in [3.8, 4) is 0 Å². The number of hydrogen-bond acceptors (Lipinski definition) is 4. The molecule has 1 aromatic rings. The van der Waals surface area contributed by atoms with Crippen molar-refractivity contribution >= 4 is 11.9 Å². The molecule has 0 fully saturated rings. The van der Waals surface area contributed by atoms with Crippen LogP contribution in [0.15, 0.2) is 0 Å². The summed E-state index contributed by atoms with van der Waals surface area (Å²) < 4.78 is 51.3. The van der Waals surface area contributed by atoms with Crippen LogP contribution in [0.5, 0.6) is 0 Å². The summed E-state index contributed by atoms with van der Waals surface area (Å²) in [4.78, 5) is 20.3. The zero-order valence-electron chi connectivity index (χ0n) is 9.14. The van der Waals surface area contributed by atoms with Gasteiger partial charge < -0.3 is 19.8 Å². The standard InChI is InChI=1S/C8H2F4O4.2Na/c9-3-1(7(13)14)4(10)6(12)2(5(3)11)8(15)16;;/h(H,13,14)(H,15,16);;/q;2*+1/p-2. The Labute approximate surface area is 142 Å². The maximum absolute atomic E-state index is 12.8. The molecule has 0 saturated carbocycles. The first-order valence-corrected chi connectivity index (χ1v) is 3.57. The second-order valence-electron chi connectivity index (χ2n) is 2.58. The normalized spacial score (nSPS) is 9.11. The third kappa shape index (κ3) is 3.46. The van der Waals surface area contributed by atoms with Gasteiger partial charge in [0.1, 0.15) is 0 Å². The van der Waals surface area contributed by atoms with Crippen LogP contribution in [-0.2, 0) is 0 Å². The predicted octanol–water partition coefficient (Wildman–Crippen LogP) is -7.02. The summed E-state index contributed by atoms with van der Waals surface area (Å²) in [6.07, 6.45) is 0. The minimum absolute atomic E-state index is 0. The number of benzene rings is 1. The topological polar surface area (TPSA) is 80.3 Å². The maximum Gasteiger partial charge on any atom is 1.00 e. The maximum atomic E-state index is 12.8. The van der Waals surface area contributed by atoms with Gasteiger partial charge in [0.2, 0.25) is 0 Å². The molecule has 1 rings (SSSR count). The predicted molar refractivity (Wildman–Crippen MR) is 34.9 cm³/mol. The fourth-order valence-corrected chi connectivity index (χ4v) is 0.990. The largest absolute Gasteiger partial charge is 1.00 e. The Kier molecular flexibility index (Phi) is 8.38. The first kappa shape index (κ1) is 20.2. The molecular weight excluding hydrogens is 282 g/mol. The smallest absolute Gasteiger partial charge is 0.545 e. The SMILES string of the molecule is O=C([O-])c1c(F)c(F)c(C(=O)[O-])c(F)c1F.[Na+].[Na+]. The Morgan fingerprint density at radius 1 is 0.667 bits per heavy atom. The van der Waals surface area contributed by atoms with Gasteiger partial charge in [-0.25, -0.2) is 17.6 Å². The van der Waals surface area contributed by atoms with Crippen molar-refractivity contribution in [1.29, 1.82) is 0 Å². The van der Waals surface area contributed by atoms with E-state index in [1.54, 1.807) is 0 Å². The van der Waals surface area contributed by atoms with Crippen LogP contribution in [0.25, 0.3) is 0 Å². The van der Waals surface area contributed by atoms with E-state index in [4.69, 9.17) is 0 Å². The number of carboxylic acids is 2. The molecule has 0 aliphatic carbocycles. The molecule has 0 radical (unpaired) electrons. The van der Waals surface area contributed by atoms with Crippen LogP contribution in [-0.4, -0.2) is 11.9 Å². The van der Waals surface area contributed by atoms with Gasteiger partial charge in [-0.3, -0.25) is 0 Å². The fourth-order valence-electron chi connectivity index (χ4n) is 0.990. The van der Waals surface area contributed by atoms with Gasteiger partial charge >= 0.3 is 59.1 Å². The third-order valence-electron chi connectivity index (χ3n) is 1.67. The van der Waals surface area contributed by atoms with Gasteiger partial charge in [0.25, 0.3) is 0 Å². The molecule has 0 atom stereocenters. The molecule has 0 spiro atoms. The van der Waals surface area contributed by atoms with Gasteiger partial charge in [0, 0.05) is 0 Å². The van der Waals surface area contributed by atoms with E-state index >= 15 is 0 Å². The summed E-state index contributed by atoms with van der Waals surface area (Å²) in [7, 11) is 0. The molecule has 0 saturated heterocycles. The summed E-state index contributed by atoms with van der Waals surface area (Å²) >= 11 is 0. The molecule has 18 heavy (non-hydrogen) atoms. The number of aromatic carboxylic acids is 2. The van der Waals surface area contributed by atoms with E-state index in [0.29, 0.717) is 0 Å². The average Bonchev–Trinajstić information content (AvgIpc) is 2.14. The van der Waals surface area contributed by atoms with E-state index in [-0.39, 0.29) is 59.1 Å². The minimum atomic E-state index is -2.52. The van der Waals surface area contributed by atoms with Crippen LogP contribution in [0.2, 0.25) is 0 Å². The fraction of sp³-hybridized carbons (Fsp3) is 0. The van der Waals surface area contributed by atoms with Crippen LogP contribution >= 0.6 is 0 Å². The molecule has 0 aliphatic rings. The molecule has 86 valence electrons. The van der Waals surface area contributed by atoms with Crippen molar-refractivity contribution in [3.63, 3.8) is 0 Å². The summed E-state index contributed by atoms with van der Waals surface area (Å²) in [5, 5.41) is 20.3. The number of hydrogen-bond donors (Lipinski definition) is 0. The average molecular weight is 282 g/mol. The van der Waals surface area contributed by atoms with Crippen molar-refractivity contribution in [2.24, 2.45) is 0 Å². The Morgan fingerprint density at radius 2 is 0.833 bits per heavy atom. The Bertz CT molecular complexity index is 432. The minimum Gasteiger partial charge on any atom is -0.545 e. The molecule has 10 heteroatoms. The number of carboxylic acid groups (broad SMARTS) is 2. The van der Waals surface area contributed by atoms with Gasteiger partial charge in [-0.2, -0.15) is 0 Å². The third-order valence-corrected chi connectivity index (χ3v) is 1.67. The molecule has 0 heterocycles. The zero-order valence-corrected chi connectivity index (χ0v) is 13.1. The van der Waals surface area contributed by atoms with Gasteiger partial charge in [0.15, 0.2) is 23.3 Å². The van der Waals surface area contributed by atoms with Crippen LogP contribution in [0.3, 0.4) is 0 Å². The number of halogens is 4. The molecule has 1 aromatic carbocycles. The van der Waals surface area contributed by atoms with E-state index in [1.165, 1.54) is 0 Å². The van der Waals surface area contributed by atoms with Crippen LogP contribution in [0.1, 0.15) is 20.7 Å². The molecule has 0 amide bonds.